The lowest BCUT2D eigenvalue weighted by molar-refractivity contribution is 0.256. The Labute approximate surface area is 73.2 Å². The van der Waals surface area contributed by atoms with Crippen molar-refractivity contribution < 1.29 is 4.79 Å². The molecule has 64 valence electrons. The highest BCUT2D eigenvalue weighted by Crippen LogP contribution is 2.17. The monoisotopic (exact) mass is 173 g/mol. The van der Waals surface area contributed by atoms with Gasteiger partial charge in [-0.15, -0.1) is 0 Å². The highest BCUT2D eigenvalue weighted by Gasteiger charge is 2.12. The summed E-state index contributed by atoms with van der Waals surface area (Å²) in [5, 5.41) is 2.66. The molecule has 0 aromatic rings. The average molecular weight is 173 g/mol. The van der Waals surface area contributed by atoms with Crippen molar-refractivity contribution in [2.75, 3.05) is 0 Å². The van der Waals surface area contributed by atoms with Gasteiger partial charge in [0.05, 0.1) is 0 Å². The van der Waals surface area contributed by atoms with E-state index in [1.807, 2.05) is 0 Å². The SMILES string of the molecule is O=C(S)NC1CCCCCC1. The number of carbonyl (C=O) groups is 1. The summed E-state index contributed by atoms with van der Waals surface area (Å²) >= 11 is 3.69. The van der Waals surface area contributed by atoms with Crippen molar-refractivity contribution in [2.24, 2.45) is 0 Å². The maximum atomic E-state index is 10.6. The van der Waals surface area contributed by atoms with Gasteiger partial charge in [0.15, 0.2) is 0 Å². The number of thiol groups is 1. The van der Waals surface area contributed by atoms with Crippen molar-refractivity contribution in [1.29, 1.82) is 0 Å². The summed E-state index contributed by atoms with van der Waals surface area (Å²) in [5.41, 5.74) is 0. The van der Waals surface area contributed by atoms with Gasteiger partial charge in [-0.05, 0) is 12.8 Å². The molecule has 3 heteroatoms. The Hall–Kier alpha value is -0.180. The van der Waals surface area contributed by atoms with E-state index in [2.05, 4.69) is 17.9 Å². The van der Waals surface area contributed by atoms with E-state index >= 15 is 0 Å². The maximum Gasteiger partial charge on any atom is 0.276 e. The Balaban J connectivity index is 2.25. The van der Waals surface area contributed by atoms with Gasteiger partial charge in [-0.25, -0.2) is 0 Å². The number of hydrogen-bond acceptors (Lipinski definition) is 1. The minimum absolute atomic E-state index is 0.183. The fourth-order valence-electron chi connectivity index (χ4n) is 1.60. The summed E-state index contributed by atoms with van der Waals surface area (Å²) in [6.45, 7) is 0. The van der Waals surface area contributed by atoms with E-state index < -0.39 is 0 Å². The van der Waals surface area contributed by atoms with Crippen LogP contribution in [0.4, 0.5) is 4.79 Å². The third-order valence-corrected chi connectivity index (χ3v) is 2.31. The van der Waals surface area contributed by atoms with E-state index in [1.54, 1.807) is 0 Å². The fourth-order valence-corrected chi connectivity index (χ4v) is 1.78. The van der Waals surface area contributed by atoms with Crippen molar-refractivity contribution in [3.05, 3.63) is 0 Å². The minimum atomic E-state index is -0.183. The van der Waals surface area contributed by atoms with Crippen LogP contribution in [-0.2, 0) is 0 Å². The smallest absolute Gasteiger partial charge is 0.276 e. The quantitative estimate of drug-likeness (QED) is 0.462. The van der Waals surface area contributed by atoms with Crippen LogP contribution in [-0.4, -0.2) is 11.3 Å². The van der Waals surface area contributed by atoms with Crippen molar-refractivity contribution in [3.63, 3.8) is 0 Å². The summed E-state index contributed by atoms with van der Waals surface area (Å²) in [6.07, 6.45) is 7.40. The normalized spacial score (nSPS) is 20.8. The Kier molecular flexibility index (Phi) is 3.77. The summed E-state index contributed by atoms with van der Waals surface area (Å²) < 4.78 is 0. The fraction of sp³-hybridized carbons (Fsp3) is 0.875. The minimum Gasteiger partial charge on any atom is -0.344 e. The Bertz CT molecular complexity index is 130. The second-order valence-electron chi connectivity index (χ2n) is 3.14. The molecule has 0 saturated heterocycles. The Morgan fingerprint density at radius 3 is 2.18 bits per heavy atom. The molecule has 0 bridgehead atoms. The van der Waals surface area contributed by atoms with Crippen molar-refractivity contribution in [3.8, 4) is 0 Å². The van der Waals surface area contributed by atoms with Gasteiger partial charge in [-0.2, -0.15) is 0 Å². The molecule has 1 aliphatic rings. The molecule has 2 nitrogen and oxygen atoms in total. The lowest BCUT2D eigenvalue weighted by Gasteiger charge is -2.13. The topological polar surface area (TPSA) is 29.1 Å². The van der Waals surface area contributed by atoms with Crippen molar-refractivity contribution in [1.82, 2.24) is 5.32 Å². The second-order valence-corrected chi connectivity index (χ2v) is 3.54. The summed E-state index contributed by atoms with van der Waals surface area (Å²) in [5.74, 6) is 0. The molecule has 1 rings (SSSR count). The third kappa shape index (κ3) is 3.65. The van der Waals surface area contributed by atoms with Crippen LogP contribution in [0.15, 0.2) is 0 Å². The van der Waals surface area contributed by atoms with E-state index in [-0.39, 0.29) is 5.24 Å². The first-order valence-corrected chi connectivity index (χ1v) is 4.73. The lowest BCUT2D eigenvalue weighted by atomic mass is 10.1. The summed E-state index contributed by atoms with van der Waals surface area (Å²) in [7, 11) is 0. The van der Waals surface area contributed by atoms with Gasteiger partial charge in [0.1, 0.15) is 0 Å². The van der Waals surface area contributed by atoms with Gasteiger partial charge >= 0.3 is 0 Å². The molecular formula is C8H15NOS. The molecule has 0 unspecified atom stereocenters. The lowest BCUT2D eigenvalue weighted by Crippen LogP contribution is -2.30. The Morgan fingerprint density at radius 2 is 1.73 bits per heavy atom. The molecular weight excluding hydrogens is 158 g/mol. The van der Waals surface area contributed by atoms with Gasteiger partial charge in [0.25, 0.3) is 5.24 Å². The molecule has 1 saturated carbocycles. The molecule has 0 radical (unpaired) electrons. The molecule has 1 aliphatic carbocycles. The van der Waals surface area contributed by atoms with Crippen molar-refractivity contribution in [2.45, 2.75) is 44.6 Å². The number of amides is 1. The molecule has 0 aromatic heterocycles. The molecule has 0 aromatic carbocycles. The maximum absolute atomic E-state index is 10.6. The predicted molar refractivity (Wildman–Crippen MR) is 49.0 cm³/mol. The zero-order valence-corrected chi connectivity index (χ0v) is 7.57. The Morgan fingerprint density at radius 1 is 1.18 bits per heavy atom. The van der Waals surface area contributed by atoms with E-state index in [0.717, 1.165) is 12.8 Å². The molecule has 1 N–H and O–H groups in total. The highest BCUT2D eigenvalue weighted by molar-refractivity contribution is 7.96. The van der Waals surface area contributed by atoms with E-state index in [1.165, 1.54) is 25.7 Å². The number of rotatable bonds is 1. The van der Waals surface area contributed by atoms with Crippen LogP contribution in [0.25, 0.3) is 0 Å². The summed E-state index contributed by atoms with van der Waals surface area (Å²) in [6, 6.07) is 0.391. The molecule has 0 spiro atoms. The van der Waals surface area contributed by atoms with Crippen LogP contribution in [0.1, 0.15) is 38.5 Å². The van der Waals surface area contributed by atoms with Crippen molar-refractivity contribution >= 4 is 17.9 Å². The number of carbonyl (C=O) groups excluding carboxylic acids is 1. The molecule has 0 aliphatic heterocycles. The van der Waals surface area contributed by atoms with Gasteiger partial charge in [0, 0.05) is 6.04 Å². The standard InChI is InChI=1S/C8H15NOS/c10-8(11)9-7-5-3-1-2-4-6-7/h7H,1-6H2,(H2,9,10,11). The van der Waals surface area contributed by atoms with Crippen LogP contribution in [0, 0.1) is 0 Å². The van der Waals surface area contributed by atoms with E-state index in [4.69, 9.17) is 0 Å². The number of hydrogen-bond donors (Lipinski definition) is 2. The first-order chi connectivity index (χ1) is 5.29. The average Bonchev–Trinajstić information content (AvgIpc) is 2.14. The van der Waals surface area contributed by atoms with E-state index in [9.17, 15) is 4.79 Å². The third-order valence-electron chi connectivity index (χ3n) is 2.18. The van der Waals surface area contributed by atoms with Crippen LogP contribution in [0.2, 0.25) is 0 Å². The van der Waals surface area contributed by atoms with Crippen LogP contribution >= 0.6 is 12.6 Å². The van der Waals surface area contributed by atoms with Gasteiger partial charge in [0.2, 0.25) is 0 Å². The largest absolute Gasteiger partial charge is 0.344 e. The highest BCUT2D eigenvalue weighted by atomic mass is 32.1. The van der Waals surface area contributed by atoms with Gasteiger partial charge in [-0.1, -0.05) is 38.3 Å². The molecule has 1 amide bonds. The van der Waals surface area contributed by atoms with Gasteiger partial charge in [-0.3, -0.25) is 4.79 Å². The van der Waals surface area contributed by atoms with Gasteiger partial charge < -0.3 is 5.32 Å². The molecule has 11 heavy (non-hydrogen) atoms. The second kappa shape index (κ2) is 4.65. The summed E-state index contributed by atoms with van der Waals surface area (Å²) in [4.78, 5) is 10.6. The first kappa shape index (κ1) is 8.91. The predicted octanol–water partition coefficient (Wildman–Crippen LogP) is 2.35. The molecule has 0 heterocycles. The van der Waals surface area contributed by atoms with Crippen LogP contribution < -0.4 is 5.32 Å². The number of nitrogens with one attached hydrogen (secondary N) is 1. The zero-order valence-electron chi connectivity index (χ0n) is 6.68. The van der Waals surface area contributed by atoms with Crippen LogP contribution in [0.5, 0.6) is 0 Å². The molecule has 0 atom stereocenters. The van der Waals surface area contributed by atoms with E-state index in [0.29, 0.717) is 6.04 Å². The zero-order chi connectivity index (χ0) is 8.10. The molecule has 1 fully saturated rings. The first-order valence-electron chi connectivity index (χ1n) is 4.28. The van der Waals surface area contributed by atoms with Crippen LogP contribution in [0.3, 0.4) is 0 Å².